The van der Waals surface area contributed by atoms with Gasteiger partial charge in [0.15, 0.2) is 6.10 Å². The van der Waals surface area contributed by atoms with Crippen molar-refractivity contribution in [2.24, 2.45) is 0 Å². The van der Waals surface area contributed by atoms with Gasteiger partial charge >= 0.3 is 25.7 Å². The van der Waals surface area contributed by atoms with E-state index in [1.807, 2.05) is 0 Å². The average Bonchev–Trinajstić information content (AvgIpc) is 3.41. The lowest BCUT2D eigenvalue weighted by Gasteiger charge is -2.21. The van der Waals surface area contributed by atoms with Crippen molar-refractivity contribution in [2.75, 3.05) is 26.4 Å². The molecule has 0 rings (SSSR count). The van der Waals surface area contributed by atoms with E-state index in [4.69, 9.17) is 23.3 Å². The smallest absolute Gasteiger partial charge is 0.462 e. The third-order valence-corrected chi connectivity index (χ3v) is 13.7. The third-order valence-electron chi connectivity index (χ3n) is 12.8. The fourth-order valence-corrected chi connectivity index (χ4v) is 8.93. The number of rotatable bonds is 56. The van der Waals surface area contributed by atoms with Crippen molar-refractivity contribution in [2.45, 2.75) is 277 Å². The molecule has 0 aliphatic heterocycles. The van der Waals surface area contributed by atoms with Crippen molar-refractivity contribution in [3.8, 4) is 0 Å². The molecule has 12 heteroatoms. The molecular formula is C64H111O11P. The van der Waals surface area contributed by atoms with Gasteiger partial charge in [0.2, 0.25) is 0 Å². The average molecular weight is 1090 g/mol. The number of aliphatic hydroxyl groups excluding tert-OH is 1. The summed E-state index contributed by atoms with van der Waals surface area (Å²) in [6, 6.07) is 0. The second kappa shape index (κ2) is 57.8. The molecule has 0 spiro atoms. The number of unbranched alkanes of at least 4 members (excludes halogenated alkanes) is 25. The highest BCUT2D eigenvalue weighted by Gasteiger charge is 2.28. The normalized spacial score (nSPS) is 13.9. The van der Waals surface area contributed by atoms with Crippen LogP contribution in [0.2, 0.25) is 0 Å². The number of allylic oxidation sites excluding steroid dienone is 14. The molecule has 0 bridgehead atoms. The first kappa shape index (κ1) is 72.7. The molecule has 0 aromatic rings. The van der Waals surface area contributed by atoms with E-state index in [1.165, 1.54) is 70.6 Å². The number of esters is 3. The van der Waals surface area contributed by atoms with Crippen molar-refractivity contribution < 1.29 is 52.2 Å². The Bertz CT molecular complexity index is 1600. The van der Waals surface area contributed by atoms with Crippen molar-refractivity contribution in [1.82, 2.24) is 0 Å². The van der Waals surface area contributed by atoms with E-state index in [0.717, 1.165) is 135 Å². The Kier molecular flexibility index (Phi) is 55.3. The van der Waals surface area contributed by atoms with Gasteiger partial charge in [-0.15, -0.1) is 0 Å². The molecular weight excluding hydrogens is 976 g/mol. The van der Waals surface area contributed by atoms with Gasteiger partial charge in [-0.2, -0.15) is 0 Å². The summed E-state index contributed by atoms with van der Waals surface area (Å²) in [4.78, 5) is 48.6. The Morgan fingerprint density at radius 3 is 1.11 bits per heavy atom. The fourth-order valence-electron chi connectivity index (χ4n) is 8.14. The Morgan fingerprint density at radius 2 is 0.711 bits per heavy atom. The molecule has 2 N–H and O–H groups in total. The summed E-state index contributed by atoms with van der Waals surface area (Å²) in [5.74, 6) is -1.49. The number of hydrogen-bond donors (Lipinski definition) is 2. The van der Waals surface area contributed by atoms with Crippen LogP contribution in [0, 0.1) is 0 Å². The lowest BCUT2D eigenvalue weighted by Crippen LogP contribution is -2.30. The van der Waals surface area contributed by atoms with E-state index in [1.54, 1.807) is 0 Å². The van der Waals surface area contributed by atoms with E-state index in [-0.39, 0.29) is 25.9 Å². The van der Waals surface area contributed by atoms with E-state index in [9.17, 15) is 28.9 Å². The zero-order valence-electron chi connectivity index (χ0n) is 48.5. The molecule has 0 heterocycles. The second-order valence-electron chi connectivity index (χ2n) is 20.1. The van der Waals surface area contributed by atoms with Gasteiger partial charge in [0.05, 0.1) is 19.8 Å². The largest absolute Gasteiger partial charge is 0.472 e. The van der Waals surface area contributed by atoms with Crippen LogP contribution in [0.3, 0.4) is 0 Å². The molecule has 11 nitrogen and oxygen atoms in total. The number of ether oxygens (including phenoxy) is 3. The highest BCUT2D eigenvalue weighted by atomic mass is 31.2. The van der Waals surface area contributed by atoms with E-state index >= 15 is 0 Å². The van der Waals surface area contributed by atoms with Crippen LogP contribution >= 0.6 is 7.82 Å². The van der Waals surface area contributed by atoms with Gasteiger partial charge < -0.3 is 24.2 Å². The molecule has 0 aromatic carbocycles. The predicted molar refractivity (Wildman–Crippen MR) is 316 cm³/mol. The van der Waals surface area contributed by atoms with Gasteiger partial charge in [-0.25, -0.2) is 4.57 Å². The number of phosphoric ester groups is 1. The van der Waals surface area contributed by atoms with Gasteiger partial charge in [0, 0.05) is 19.3 Å². The highest BCUT2D eigenvalue weighted by molar-refractivity contribution is 7.47. The minimum Gasteiger partial charge on any atom is -0.462 e. The summed E-state index contributed by atoms with van der Waals surface area (Å²) in [5.41, 5.74) is 0. The summed E-state index contributed by atoms with van der Waals surface area (Å²) in [7, 11) is -4.76. The van der Waals surface area contributed by atoms with Crippen molar-refractivity contribution in [3.05, 3.63) is 85.1 Å². The number of hydrogen-bond acceptors (Lipinski definition) is 10. The first-order valence-corrected chi connectivity index (χ1v) is 32.0. The molecule has 438 valence electrons. The number of carbonyl (C=O) groups excluding carboxylic acids is 3. The van der Waals surface area contributed by atoms with Crippen molar-refractivity contribution in [1.29, 1.82) is 0 Å². The molecule has 3 unspecified atom stereocenters. The standard InChI is InChI=1S/C64H111O11P/c1-4-7-10-13-16-19-22-25-27-29-30-32-34-37-40-43-46-49-52-55-64(68)75-61(57-71-62(66)53-50-47-44-41-38-36-33-31-28-26-23-20-17-14-11-8-5-2)59-73-76(69,70)72-58-60(56-65)74-63(67)54-51-48-45-42-39-35-24-21-18-15-12-9-6-3/h8,11-12,15-17,19-21,24-28,60-61,65H,4-7,9-10,13-14,18,22-23,29-59H2,1-3H3,(H,69,70)/b11-8-,15-12-,19-16-,20-17-,24-21-,27-25-,28-26-. The topological polar surface area (TPSA) is 155 Å². The molecule has 0 saturated carbocycles. The monoisotopic (exact) mass is 1090 g/mol. The van der Waals surface area contributed by atoms with Gasteiger partial charge in [-0.1, -0.05) is 221 Å². The molecule has 0 fully saturated rings. The van der Waals surface area contributed by atoms with Gasteiger partial charge in [0.25, 0.3) is 0 Å². The quantitative estimate of drug-likeness (QED) is 0.0197. The van der Waals surface area contributed by atoms with E-state index < -0.39 is 57.8 Å². The molecule has 0 aliphatic rings. The summed E-state index contributed by atoms with van der Waals surface area (Å²) in [5, 5.41) is 9.82. The lowest BCUT2D eigenvalue weighted by molar-refractivity contribution is -0.161. The molecule has 76 heavy (non-hydrogen) atoms. The Morgan fingerprint density at radius 1 is 0.382 bits per heavy atom. The maximum atomic E-state index is 12.9. The minimum atomic E-state index is -4.76. The summed E-state index contributed by atoms with van der Waals surface area (Å²) >= 11 is 0. The van der Waals surface area contributed by atoms with Crippen LogP contribution in [0.1, 0.15) is 265 Å². The van der Waals surface area contributed by atoms with Crippen LogP contribution in [0.25, 0.3) is 0 Å². The third kappa shape index (κ3) is 55.4. The van der Waals surface area contributed by atoms with Crippen LogP contribution in [0.5, 0.6) is 0 Å². The number of phosphoric acid groups is 1. The zero-order chi connectivity index (χ0) is 55.5. The molecule has 3 atom stereocenters. The summed E-state index contributed by atoms with van der Waals surface area (Å²) in [6.07, 6.45) is 66.7. The minimum absolute atomic E-state index is 0.157. The van der Waals surface area contributed by atoms with Crippen LogP contribution in [0.4, 0.5) is 0 Å². The zero-order valence-corrected chi connectivity index (χ0v) is 49.3. The predicted octanol–water partition coefficient (Wildman–Crippen LogP) is 18.3. The summed E-state index contributed by atoms with van der Waals surface area (Å²) < 4.78 is 39.6. The number of aliphatic hydroxyl groups is 1. The van der Waals surface area contributed by atoms with Crippen LogP contribution < -0.4 is 0 Å². The lowest BCUT2D eigenvalue weighted by atomic mass is 10.1. The van der Waals surface area contributed by atoms with Crippen LogP contribution in [0.15, 0.2) is 85.1 Å². The second-order valence-corrected chi connectivity index (χ2v) is 21.6. The molecule has 0 aromatic heterocycles. The van der Waals surface area contributed by atoms with Gasteiger partial charge in [0.1, 0.15) is 12.7 Å². The molecule has 0 aliphatic carbocycles. The van der Waals surface area contributed by atoms with Crippen LogP contribution in [-0.4, -0.2) is 66.5 Å². The van der Waals surface area contributed by atoms with Gasteiger partial charge in [-0.05, 0) is 109 Å². The fraction of sp³-hybridized carbons (Fsp3) is 0.734. The van der Waals surface area contributed by atoms with Crippen LogP contribution in [-0.2, 0) is 42.2 Å². The van der Waals surface area contributed by atoms with Crippen molar-refractivity contribution >= 4 is 25.7 Å². The number of carbonyl (C=O) groups is 3. The Labute approximate surface area is 464 Å². The maximum Gasteiger partial charge on any atom is 0.472 e. The Hall–Kier alpha value is -3.34. The molecule has 0 saturated heterocycles. The van der Waals surface area contributed by atoms with E-state index in [0.29, 0.717) is 19.3 Å². The SMILES string of the molecule is CC/C=C\C/C=C\C/C=C\CCCCCCCCCC(=O)OCC(COP(=O)(O)OCC(CO)OC(=O)CCCCCCC/C=C\C/C=C\CCC)OC(=O)CCCCCCCCCCC/C=C\C/C=C\CCCCC. The van der Waals surface area contributed by atoms with Crippen molar-refractivity contribution in [3.63, 3.8) is 0 Å². The summed E-state index contributed by atoms with van der Waals surface area (Å²) in [6.45, 7) is 4.43. The molecule has 0 radical (unpaired) electrons. The first-order valence-electron chi connectivity index (χ1n) is 30.5. The molecule has 0 amide bonds. The maximum absolute atomic E-state index is 12.9. The van der Waals surface area contributed by atoms with E-state index in [2.05, 4.69) is 106 Å². The Balaban J connectivity index is 4.74. The highest BCUT2D eigenvalue weighted by Crippen LogP contribution is 2.43. The van der Waals surface area contributed by atoms with Gasteiger partial charge in [-0.3, -0.25) is 23.4 Å². The first-order chi connectivity index (χ1) is 37.2.